The molecule has 0 atom stereocenters. The number of alkyl halides is 3. The molecule has 5 heteroatoms. The topological polar surface area (TPSA) is 12.9 Å². The molecule has 0 fully saturated rings. The lowest BCUT2D eigenvalue weighted by Crippen LogP contribution is -1.93. The predicted octanol–water partition coefficient (Wildman–Crippen LogP) is 3.41. The quantitative estimate of drug-likeness (QED) is 0.540. The second kappa shape index (κ2) is 4.01. The molecular formula is C7H5Cl2F2N. The SMILES string of the molecule is FC(F)c1cnc(Cl)cc1CCl. The van der Waals surface area contributed by atoms with Crippen LogP contribution in [0.5, 0.6) is 0 Å². The fraction of sp³-hybridized carbons (Fsp3) is 0.286. The summed E-state index contributed by atoms with van der Waals surface area (Å²) < 4.78 is 24.4. The van der Waals surface area contributed by atoms with Gasteiger partial charge in [0.05, 0.1) is 0 Å². The smallest absolute Gasteiger partial charge is 0.244 e. The number of hydrogen-bond donors (Lipinski definition) is 0. The largest absolute Gasteiger partial charge is 0.265 e. The highest BCUT2D eigenvalue weighted by Crippen LogP contribution is 2.24. The van der Waals surface area contributed by atoms with Crippen molar-refractivity contribution in [3.8, 4) is 0 Å². The Morgan fingerprint density at radius 2 is 2.17 bits per heavy atom. The molecule has 0 unspecified atom stereocenters. The summed E-state index contributed by atoms with van der Waals surface area (Å²) in [6.45, 7) is 0. The van der Waals surface area contributed by atoms with E-state index in [1.807, 2.05) is 0 Å². The van der Waals surface area contributed by atoms with Gasteiger partial charge >= 0.3 is 0 Å². The Morgan fingerprint density at radius 3 is 2.67 bits per heavy atom. The van der Waals surface area contributed by atoms with E-state index in [4.69, 9.17) is 23.2 Å². The van der Waals surface area contributed by atoms with E-state index in [1.54, 1.807) is 0 Å². The lowest BCUT2D eigenvalue weighted by atomic mass is 10.2. The summed E-state index contributed by atoms with van der Waals surface area (Å²) in [5, 5.41) is 0.176. The molecule has 0 aliphatic rings. The Kier molecular flexibility index (Phi) is 3.23. The normalized spacial score (nSPS) is 10.8. The molecule has 0 aliphatic carbocycles. The van der Waals surface area contributed by atoms with Crippen LogP contribution in [0.1, 0.15) is 17.6 Å². The van der Waals surface area contributed by atoms with Crippen molar-refractivity contribution in [3.05, 3.63) is 28.5 Å². The molecule has 0 radical (unpaired) electrons. The van der Waals surface area contributed by atoms with Crippen molar-refractivity contribution < 1.29 is 8.78 Å². The molecule has 12 heavy (non-hydrogen) atoms. The molecule has 0 saturated carbocycles. The predicted molar refractivity (Wildman–Crippen MR) is 43.8 cm³/mol. The minimum absolute atomic E-state index is 0.0158. The van der Waals surface area contributed by atoms with E-state index >= 15 is 0 Å². The molecule has 0 spiro atoms. The summed E-state index contributed by atoms with van der Waals surface area (Å²) in [6.07, 6.45) is -1.51. The number of halogens is 4. The Balaban J connectivity index is 3.11. The molecule has 0 amide bonds. The van der Waals surface area contributed by atoms with E-state index in [0.717, 1.165) is 6.20 Å². The second-order valence-corrected chi connectivity index (χ2v) is 2.79. The number of aromatic nitrogens is 1. The average molecular weight is 212 g/mol. The van der Waals surface area contributed by atoms with Crippen LogP contribution in [0.15, 0.2) is 12.3 Å². The van der Waals surface area contributed by atoms with Gasteiger partial charge in [-0.05, 0) is 11.6 Å². The molecule has 1 aromatic heterocycles. The number of nitrogens with zero attached hydrogens (tertiary/aromatic N) is 1. The van der Waals surface area contributed by atoms with Crippen molar-refractivity contribution in [2.45, 2.75) is 12.3 Å². The molecule has 1 rings (SSSR count). The van der Waals surface area contributed by atoms with Crippen LogP contribution in [-0.4, -0.2) is 4.98 Å². The van der Waals surface area contributed by atoms with E-state index in [-0.39, 0.29) is 16.6 Å². The summed E-state index contributed by atoms with van der Waals surface area (Å²) >= 11 is 10.9. The lowest BCUT2D eigenvalue weighted by Gasteiger charge is -2.04. The van der Waals surface area contributed by atoms with Crippen molar-refractivity contribution in [3.63, 3.8) is 0 Å². The van der Waals surface area contributed by atoms with Gasteiger partial charge in [0.1, 0.15) is 5.15 Å². The third-order valence-corrected chi connectivity index (χ3v) is 1.86. The van der Waals surface area contributed by atoms with Crippen molar-refractivity contribution in [1.29, 1.82) is 0 Å². The third-order valence-electron chi connectivity index (χ3n) is 1.37. The van der Waals surface area contributed by atoms with E-state index in [9.17, 15) is 8.78 Å². The van der Waals surface area contributed by atoms with Gasteiger partial charge < -0.3 is 0 Å². The van der Waals surface area contributed by atoms with E-state index in [0.29, 0.717) is 5.56 Å². The summed E-state index contributed by atoms with van der Waals surface area (Å²) in [7, 11) is 0. The molecule has 1 aromatic rings. The summed E-state index contributed by atoms with van der Waals surface area (Å²) in [4.78, 5) is 3.54. The first-order chi connectivity index (χ1) is 5.65. The van der Waals surface area contributed by atoms with Crippen LogP contribution < -0.4 is 0 Å². The molecule has 0 aromatic carbocycles. The molecule has 1 heterocycles. The van der Waals surface area contributed by atoms with Gasteiger partial charge in [-0.2, -0.15) is 0 Å². The summed E-state index contributed by atoms with van der Waals surface area (Å²) in [5.74, 6) is 0.0158. The van der Waals surface area contributed by atoms with Gasteiger partial charge in [0.15, 0.2) is 0 Å². The first-order valence-corrected chi connectivity index (χ1v) is 4.05. The van der Waals surface area contributed by atoms with Gasteiger partial charge in [0, 0.05) is 17.6 Å². The van der Waals surface area contributed by atoms with Gasteiger partial charge in [0.25, 0.3) is 6.43 Å². The zero-order chi connectivity index (χ0) is 9.14. The van der Waals surface area contributed by atoms with Crippen LogP contribution in [0.25, 0.3) is 0 Å². The van der Waals surface area contributed by atoms with E-state index < -0.39 is 6.43 Å². The van der Waals surface area contributed by atoms with Crippen LogP contribution in [0, 0.1) is 0 Å². The first kappa shape index (κ1) is 9.68. The van der Waals surface area contributed by atoms with Crippen molar-refractivity contribution >= 4 is 23.2 Å². The van der Waals surface area contributed by atoms with Gasteiger partial charge in [0.2, 0.25) is 0 Å². The molecule has 0 N–H and O–H groups in total. The van der Waals surface area contributed by atoms with Crippen LogP contribution >= 0.6 is 23.2 Å². The van der Waals surface area contributed by atoms with Crippen LogP contribution in [0.4, 0.5) is 8.78 Å². The van der Waals surface area contributed by atoms with Crippen LogP contribution in [-0.2, 0) is 5.88 Å². The number of hydrogen-bond acceptors (Lipinski definition) is 1. The Bertz CT molecular complexity index is 278. The molecular weight excluding hydrogens is 207 g/mol. The maximum absolute atomic E-state index is 12.2. The fourth-order valence-electron chi connectivity index (χ4n) is 0.791. The van der Waals surface area contributed by atoms with Gasteiger partial charge in [-0.1, -0.05) is 11.6 Å². The number of rotatable bonds is 2. The van der Waals surface area contributed by atoms with Gasteiger partial charge in [-0.3, -0.25) is 0 Å². The Labute approximate surface area is 78.3 Å². The van der Waals surface area contributed by atoms with Gasteiger partial charge in [-0.15, -0.1) is 11.6 Å². The third kappa shape index (κ3) is 2.05. The second-order valence-electron chi connectivity index (χ2n) is 2.14. The maximum Gasteiger partial charge on any atom is 0.265 e. The lowest BCUT2D eigenvalue weighted by molar-refractivity contribution is 0.150. The average Bonchev–Trinajstić information content (AvgIpc) is 2.03. The highest BCUT2D eigenvalue weighted by molar-refractivity contribution is 6.29. The van der Waals surface area contributed by atoms with Crippen molar-refractivity contribution in [2.24, 2.45) is 0 Å². The van der Waals surface area contributed by atoms with Crippen LogP contribution in [0.2, 0.25) is 5.15 Å². The zero-order valence-electron chi connectivity index (χ0n) is 5.90. The minimum atomic E-state index is -2.55. The van der Waals surface area contributed by atoms with Gasteiger partial charge in [-0.25, -0.2) is 13.8 Å². The summed E-state index contributed by atoms with van der Waals surface area (Å²) in [6, 6.07) is 1.34. The van der Waals surface area contributed by atoms with Crippen molar-refractivity contribution in [1.82, 2.24) is 4.98 Å². The Hall–Kier alpha value is -0.410. The standard InChI is InChI=1S/C7H5Cl2F2N/c8-2-4-1-6(9)12-3-5(4)7(10)11/h1,3,7H,2H2. The Morgan fingerprint density at radius 1 is 1.50 bits per heavy atom. The molecule has 0 bridgehead atoms. The summed E-state index contributed by atoms with van der Waals surface area (Å²) in [5.41, 5.74) is 0.168. The highest BCUT2D eigenvalue weighted by Gasteiger charge is 2.12. The molecule has 0 saturated heterocycles. The monoisotopic (exact) mass is 211 g/mol. The first-order valence-electron chi connectivity index (χ1n) is 3.13. The maximum atomic E-state index is 12.2. The fourth-order valence-corrected chi connectivity index (χ4v) is 1.20. The van der Waals surface area contributed by atoms with E-state index in [2.05, 4.69) is 4.98 Å². The number of pyridine rings is 1. The molecule has 66 valence electrons. The van der Waals surface area contributed by atoms with Crippen molar-refractivity contribution in [2.75, 3.05) is 0 Å². The zero-order valence-corrected chi connectivity index (χ0v) is 7.41. The highest BCUT2D eigenvalue weighted by atomic mass is 35.5. The minimum Gasteiger partial charge on any atom is -0.244 e. The molecule has 0 aliphatic heterocycles. The molecule has 1 nitrogen and oxygen atoms in total. The van der Waals surface area contributed by atoms with E-state index in [1.165, 1.54) is 6.07 Å². The van der Waals surface area contributed by atoms with Crippen LogP contribution in [0.3, 0.4) is 0 Å².